The average Bonchev–Trinajstić information content (AvgIpc) is 3.29. The fraction of sp³-hybridized carbons (Fsp3) is 0.857. The highest BCUT2D eigenvalue weighted by atomic mass is 79.9. The highest BCUT2D eigenvalue weighted by Crippen LogP contribution is 2.67. The summed E-state index contributed by atoms with van der Waals surface area (Å²) < 4.78 is 4.73. The van der Waals surface area contributed by atoms with Crippen LogP contribution >= 0.6 is 27.7 Å². The van der Waals surface area contributed by atoms with Crippen molar-refractivity contribution in [2.75, 3.05) is 26.3 Å². The molecular formula is C21H33BrN2O5S. The van der Waals surface area contributed by atoms with E-state index >= 15 is 0 Å². The summed E-state index contributed by atoms with van der Waals surface area (Å²) in [5.41, 5.74) is 0. The first kappa shape index (κ1) is 23.9. The lowest BCUT2D eigenvalue weighted by molar-refractivity contribution is -0.153. The Hall–Kier alpha value is -0.800. The van der Waals surface area contributed by atoms with Crippen molar-refractivity contribution in [2.24, 2.45) is 11.8 Å². The molecule has 3 saturated heterocycles. The van der Waals surface area contributed by atoms with Crippen LogP contribution in [0.1, 0.15) is 52.4 Å². The number of nitrogens with one attached hydrogen (secondary N) is 1. The summed E-state index contributed by atoms with van der Waals surface area (Å²) in [4.78, 5) is 41.5. The van der Waals surface area contributed by atoms with E-state index < -0.39 is 22.6 Å². The van der Waals surface area contributed by atoms with Gasteiger partial charge in [0.2, 0.25) is 11.8 Å². The largest absolute Gasteiger partial charge is 0.466 e. The number of esters is 1. The van der Waals surface area contributed by atoms with Crippen LogP contribution in [0.4, 0.5) is 0 Å². The Morgan fingerprint density at radius 3 is 2.73 bits per heavy atom. The molecule has 9 heteroatoms. The van der Waals surface area contributed by atoms with E-state index in [0.29, 0.717) is 25.9 Å². The van der Waals surface area contributed by atoms with Crippen LogP contribution in [0.25, 0.3) is 0 Å². The predicted octanol–water partition coefficient (Wildman–Crippen LogP) is 2.09. The van der Waals surface area contributed by atoms with E-state index in [4.69, 9.17) is 9.84 Å². The number of ether oxygens (including phenoxy) is 1. The third-order valence-corrected chi connectivity index (χ3v) is 9.70. The smallest absolute Gasteiger partial charge is 0.310 e. The molecule has 30 heavy (non-hydrogen) atoms. The molecule has 0 saturated carbocycles. The number of rotatable bonds is 11. The Morgan fingerprint density at radius 2 is 2.07 bits per heavy atom. The number of aliphatic hydroxyl groups excluding tert-OH is 1. The number of carbonyl (C=O) groups is 3. The molecule has 2 bridgehead atoms. The highest BCUT2D eigenvalue weighted by molar-refractivity contribution is 9.09. The van der Waals surface area contributed by atoms with Crippen LogP contribution in [0.2, 0.25) is 0 Å². The van der Waals surface area contributed by atoms with Gasteiger partial charge in [-0.05, 0) is 39.0 Å². The minimum atomic E-state index is -0.597. The molecule has 170 valence electrons. The van der Waals surface area contributed by atoms with Crippen molar-refractivity contribution in [3.8, 4) is 0 Å². The molecule has 1 spiro atoms. The van der Waals surface area contributed by atoms with Crippen molar-refractivity contribution in [1.82, 2.24) is 10.2 Å². The summed E-state index contributed by atoms with van der Waals surface area (Å²) in [5.74, 6) is -1.57. The van der Waals surface area contributed by atoms with E-state index in [1.807, 2.05) is 0 Å². The van der Waals surface area contributed by atoms with Crippen LogP contribution in [-0.4, -0.2) is 75.0 Å². The highest BCUT2D eigenvalue weighted by Gasteiger charge is 2.75. The number of likely N-dealkylation sites (tertiary alicyclic amines) is 1. The van der Waals surface area contributed by atoms with Gasteiger partial charge < -0.3 is 20.1 Å². The lowest BCUT2D eigenvalue weighted by Gasteiger charge is -2.35. The first-order chi connectivity index (χ1) is 14.4. The third-order valence-electron chi connectivity index (χ3n) is 6.48. The maximum absolute atomic E-state index is 13.6. The molecule has 6 atom stereocenters. The molecule has 0 aromatic rings. The second-order valence-electron chi connectivity index (χ2n) is 8.38. The summed E-state index contributed by atoms with van der Waals surface area (Å²) in [6.45, 7) is 5.30. The minimum Gasteiger partial charge on any atom is -0.466 e. The first-order valence-electron chi connectivity index (χ1n) is 11.1. The lowest BCUT2D eigenvalue weighted by atomic mass is 9.71. The molecule has 2 amide bonds. The zero-order chi connectivity index (χ0) is 21.9. The monoisotopic (exact) mass is 504 g/mol. The molecule has 3 rings (SSSR count). The molecule has 3 heterocycles. The number of amides is 2. The number of thioether (sulfide) groups is 1. The van der Waals surface area contributed by atoms with Gasteiger partial charge in [0.1, 0.15) is 6.04 Å². The van der Waals surface area contributed by atoms with Crippen LogP contribution in [-0.2, 0) is 19.1 Å². The van der Waals surface area contributed by atoms with Crippen molar-refractivity contribution in [3.63, 3.8) is 0 Å². The molecule has 3 aliphatic rings. The number of nitrogens with zero attached hydrogens (tertiary/aromatic N) is 1. The summed E-state index contributed by atoms with van der Waals surface area (Å²) in [7, 11) is 0. The number of hydrogen-bond acceptors (Lipinski definition) is 6. The Balaban J connectivity index is 1.89. The SMILES string of the molecule is CCCCNC(=O)C1N(CCCCCO)C(=O)[C@@H]2[C@H](C(=O)OCC)[C@H]3SC12CC3Br. The molecule has 3 fully saturated rings. The normalized spacial score (nSPS) is 34.3. The van der Waals surface area contributed by atoms with Crippen LogP contribution in [0.15, 0.2) is 0 Å². The van der Waals surface area contributed by atoms with Crippen molar-refractivity contribution >= 4 is 45.5 Å². The van der Waals surface area contributed by atoms with Crippen LogP contribution in [0.3, 0.4) is 0 Å². The molecular weight excluding hydrogens is 472 g/mol. The predicted molar refractivity (Wildman–Crippen MR) is 119 cm³/mol. The second kappa shape index (κ2) is 10.2. The van der Waals surface area contributed by atoms with Crippen LogP contribution in [0, 0.1) is 11.8 Å². The van der Waals surface area contributed by atoms with Crippen molar-refractivity contribution in [3.05, 3.63) is 0 Å². The second-order valence-corrected chi connectivity index (χ2v) is 11.1. The Kier molecular flexibility index (Phi) is 8.12. The van der Waals surface area contributed by atoms with Crippen molar-refractivity contribution in [2.45, 2.75) is 73.2 Å². The fourth-order valence-corrected chi connectivity index (χ4v) is 8.84. The molecule has 7 nitrogen and oxygen atoms in total. The number of fused-ring (bicyclic) bond motifs is 1. The van der Waals surface area contributed by atoms with Gasteiger partial charge in [-0.15, -0.1) is 11.8 Å². The maximum atomic E-state index is 13.6. The van der Waals surface area contributed by atoms with Gasteiger partial charge in [-0.3, -0.25) is 14.4 Å². The average molecular weight is 505 g/mol. The molecule has 0 aliphatic carbocycles. The van der Waals surface area contributed by atoms with E-state index in [1.54, 1.807) is 23.6 Å². The number of alkyl halides is 1. The molecule has 0 aromatic carbocycles. The summed E-state index contributed by atoms with van der Waals surface area (Å²) in [6.07, 6.45) is 4.75. The van der Waals surface area contributed by atoms with E-state index in [9.17, 15) is 14.4 Å². The Labute approximate surface area is 191 Å². The Morgan fingerprint density at radius 1 is 1.30 bits per heavy atom. The van der Waals surface area contributed by atoms with Crippen molar-refractivity contribution < 1.29 is 24.2 Å². The third kappa shape index (κ3) is 4.13. The summed E-state index contributed by atoms with van der Waals surface area (Å²) >= 11 is 5.36. The number of halogens is 1. The molecule has 2 N–H and O–H groups in total. The summed E-state index contributed by atoms with van der Waals surface area (Å²) in [5, 5.41) is 12.0. The standard InChI is InChI=1S/C21H33BrN2O5S/c1-3-5-9-23-18(26)17-21-12-13(22)16(30-21)14(20(28)29-4-2)15(21)19(27)24(17)10-7-6-8-11-25/h13-17,25H,3-12H2,1-2H3,(H,23,26)/t13?,14-,15-,16-,17?,21?/m0/s1. The van der Waals surface area contributed by atoms with Crippen LogP contribution in [0.5, 0.6) is 0 Å². The van der Waals surface area contributed by atoms with E-state index in [2.05, 4.69) is 28.2 Å². The molecule has 3 aliphatic heterocycles. The van der Waals surface area contributed by atoms with Crippen LogP contribution < -0.4 is 5.32 Å². The van der Waals surface area contributed by atoms with Gasteiger partial charge in [0.15, 0.2) is 0 Å². The van der Waals surface area contributed by atoms with Gasteiger partial charge in [0.05, 0.1) is 23.2 Å². The topological polar surface area (TPSA) is 95.9 Å². The lowest BCUT2D eigenvalue weighted by Crippen LogP contribution is -2.54. The van der Waals surface area contributed by atoms with Gasteiger partial charge in [-0.1, -0.05) is 29.3 Å². The molecule has 3 unspecified atom stereocenters. The zero-order valence-electron chi connectivity index (χ0n) is 17.8. The molecule has 0 aromatic heterocycles. The number of hydrogen-bond donors (Lipinski definition) is 2. The van der Waals surface area contributed by atoms with Gasteiger partial charge in [0.25, 0.3) is 0 Å². The Bertz CT molecular complexity index is 665. The van der Waals surface area contributed by atoms with Gasteiger partial charge in [0, 0.05) is 29.8 Å². The van der Waals surface area contributed by atoms with E-state index in [1.165, 1.54) is 0 Å². The number of carbonyl (C=O) groups excluding carboxylic acids is 3. The van der Waals surface area contributed by atoms with Gasteiger partial charge >= 0.3 is 5.97 Å². The van der Waals surface area contributed by atoms with Crippen molar-refractivity contribution in [1.29, 1.82) is 0 Å². The quantitative estimate of drug-likeness (QED) is 0.254. The molecule has 0 radical (unpaired) electrons. The number of aliphatic hydroxyl groups is 1. The van der Waals surface area contributed by atoms with E-state index in [-0.39, 0.29) is 41.1 Å². The minimum absolute atomic E-state index is 0.0551. The first-order valence-corrected chi connectivity index (χ1v) is 12.9. The fourth-order valence-electron chi connectivity index (χ4n) is 5.23. The number of unbranched alkanes of at least 4 members (excludes halogenated alkanes) is 3. The zero-order valence-corrected chi connectivity index (χ0v) is 20.2. The summed E-state index contributed by atoms with van der Waals surface area (Å²) in [6, 6.07) is -0.574. The maximum Gasteiger partial charge on any atom is 0.310 e. The van der Waals surface area contributed by atoms with E-state index in [0.717, 1.165) is 25.7 Å². The van der Waals surface area contributed by atoms with Gasteiger partial charge in [-0.2, -0.15) is 0 Å². The van der Waals surface area contributed by atoms with Gasteiger partial charge in [-0.25, -0.2) is 0 Å².